The fourth-order valence-corrected chi connectivity index (χ4v) is 1.81. The van der Waals surface area contributed by atoms with E-state index in [-0.39, 0.29) is 6.29 Å². The van der Waals surface area contributed by atoms with E-state index in [1.165, 1.54) is 0 Å². The highest BCUT2D eigenvalue weighted by Crippen LogP contribution is 2.25. The Morgan fingerprint density at radius 3 is 2.57 bits per heavy atom. The maximum atomic E-state index is 10.5. The standard InChI is InChI=1S/C11H20O3/c1-3-9(2)10(4-5-12)8-11-13-6-7-14-11/h5,9-11H,3-4,6-8H2,1-2H3. The van der Waals surface area contributed by atoms with Crippen LogP contribution in [0.5, 0.6) is 0 Å². The molecule has 3 heteroatoms. The molecule has 82 valence electrons. The summed E-state index contributed by atoms with van der Waals surface area (Å²) in [5.74, 6) is 0.966. The predicted molar refractivity (Wildman–Crippen MR) is 53.9 cm³/mol. The van der Waals surface area contributed by atoms with E-state index >= 15 is 0 Å². The van der Waals surface area contributed by atoms with Gasteiger partial charge in [-0.2, -0.15) is 0 Å². The van der Waals surface area contributed by atoms with Crippen molar-refractivity contribution in [1.29, 1.82) is 0 Å². The molecule has 1 rings (SSSR count). The Kier molecular flexibility index (Phi) is 5.12. The molecule has 0 bridgehead atoms. The highest BCUT2D eigenvalue weighted by molar-refractivity contribution is 5.49. The molecule has 0 N–H and O–H groups in total. The van der Waals surface area contributed by atoms with Crippen molar-refractivity contribution in [2.24, 2.45) is 11.8 Å². The van der Waals surface area contributed by atoms with Crippen molar-refractivity contribution < 1.29 is 14.3 Å². The van der Waals surface area contributed by atoms with Gasteiger partial charge in [-0.15, -0.1) is 0 Å². The summed E-state index contributed by atoms with van der Waals surface area (Å²) in [6, 6.07) is 0. The molecule has 1 aliphatic rings. The Morgan fingerprint density at radius 2 is 2.07 bits per heavy atom. The van der Waals surface area contributed by atoms with E-state index in [4.69, 9.17) is 9.47 Å². The van der Waals surface area contributed by atoms with Gasteiger partial charge in [-0.1, -0.05) is 20.3 Å². The number of rotatable bonds is 6. The summed E-state index contributed by atoms with van der Waals surface area (Å²) in [5, 5.41) is 0. The number of hydrogen-bond donors (Lipinski definition) is 0. The number of ether oxygens (including phenoxy) is 2. The van der Waals surface area contributed by atoms with E-state index < -0.39 is 0 Å². The molecule has 0 amide bonds. The largest absolute Gasteiger partial charge is 0.350 e. The van der Waals surface area contributed by atoms with Gasteiger partial charge in [-0.3, -0.25) is 0 Å². The maximum Gasteiger partial charge on any atom is 0.158 e. The predicted octanol–water partition coefficient (Wildman–Crippen LogP) is 2.00. The van der Waals surface area contributed by atoms with Crippen LogP contribution in [0, 0.1) is 11.8 Å². The van der Waals surface area contributed by atoms with Crippen molar-refractivity contribution in [1.82, 2.24) is 0 Å². The highest BCUT2D eigenvalue weighted by Gasteiger charge is 2.24. The molecular weight excluding hydrogens is 180 g/mol. The molecule has 2 unspecified atom stereocenters. The van der Waals surface area contributed by atoms with Crippen molar-refractivity contribution in [3.63, 3.8) is 0 Å². The molecule has 14 heavy (non-hydrogen) atoms. The molecule has 0 spiro atoms. The Hall–Kier alpha value is -0.410. The van der Waals surface area contributed by atoms with Gasteiger partial charge in [0.15, 0.2) is 6.29 Å². The van der Waals surface area contributed by atoms with Gasteiger partial charge < -0.3 is 14.3 Å². The number of carbonyl (C=O) groups is 1. The van der Waals surface area contributed by atoms with Crippen molar-refractivity contribution in [3.8, 4) is 0 Å². The number of aldehydes is 1. The second kappa shape index (κ2) is 6.14. The maximum absolute atomic E-state index is 10.5. The smallest absolute Gasteiger partial charge is 0.158 e. The fourth-order valence-electron chi connectivity index (χ4n) is 1.81. The second-order valence-corrected chi connectivity index (χ2v) is 3.95. The summed E-state index contributed by atoms with van der Waals surface area (Å²) in [4.78, 5) is 10.5. The summed E-state index contributed by atoms with van der Waals surface area (Å²) in [5.41, 5.74) is 0. The summed E-state index contributed by atoms with van der Waals surface area (Å²) >= 11 is 0. The van der Waals surface area contributed by atoms with Crippen LogP contribution >= 0.6 is 0 Å². The molecule has 0 aliphatic carbocycles. The van der Waals surface area contributed by atoms with E-state index in [9.17, 15) is 4.79 Å². The van der Waals surface area contributed by atoms with Crippen LogP contribution in [-0.4, -0.2) is 25.8 Å². The molecule has 0 aromatic rings. The van der Waals surface area contributed by atoms with Gasteiger partial charge in [-0.25, -0.2) is 0 Å². The Bertz CT molecular complexity index is 164. The third kappa shape index (κ3) is 3.39. The van der Waals surface area contributed by atoms with Crippen LogP contribution < -0.4 is 0 Å². The molecule has 3 nitrogen and oxygen atoms in total. The lowest BCUT2D eigenvalue weighted by atomic mass is 9.86. The van der Waals surface area contributed by atoms with Crippen molar-refractivity contribution in [2.75, 3.05) is 13.2 Å². The Labute approximate surface area is 85.8 Å². The molecular formula is C11H20O3. The zero-order valence-corrected chi connectivity index (χ0v) is 9.07. The van der Waals surface area contributed by atoms with Crippen molar-refractivity contribution in [2.45, 2.75) is 39.4 Å². The minimum absolute atomic E-state index is 0.0750. The highest BCUT2D eigenvalue weighted by atomic mass is 16.7. The molecule has 1 saturated heterocycles. The van der Waals surface area contributed by atoms with Crippen LogP contribution in [0.15, 0.2) is 0 Å². The van der Waals surface area contributed by atoms with Gasteiger partial charge in [0, 0.05) is 12.8 Å². The molecule has 1 fully saturated rings. The lowest BCUT2D eigenvalue weighted by Gasteiger charge is -2.23. The van der Waals surface area contributed by atoms with E-state index in [2.05, 4.69) is 13.8 Å². The van der Waals surface area contributed by atoms with Crippen LogP contribution in [0.1, 0.15) is 33.1 Å². The van der Waals surface area contributed by atoms with Gasteiger partial charge in [0.05, 0.1) is 13.2 Å². The average Bonchev–Trinajstić information content (AvgIpc) is 2.68. The first-order valence-electron chi connectivity index (χ1n) is 5.44. The van der Waals surface area contributed by atoms with Gasteiger partial charge in [0.1, 0.15) is 6.29 Å². The first-order valence-corrected chi connectivity index (χ1v) is 5.44. The van der Waals surface area contributed by atoms with Crippen LogP contribution in [0.2, 0.25) is 0 Å². The van der Waals surface area contributed by atoms with Gasteiger partial charge >= 0.3 is 0 Å². The monoisotopic (exact) mass is 200 g/mol. The van der Waals surface area contributed by atoms with Gasteiger partial charge in [-0.05, 0) is 11.8 Å². The lowest BCUT2D eigenvalue weighted by molar-refractivity contribution is -0.110. The zero-order chi connectivity index (χ0) is 10.4. The van der Waals surface area contributed by atoms with E-state index in [1.807, 2.05) is 0 Å². The lowest BCUT2D eigenvalue weighted by Crippen LogP contribution is -2.20. The molecule has 0 radical (unpaired) electrons. The minimum Gasteiger partial charge on any atom is -0.350 e. The number of hydrogen-bond acceptors (Lipinski definition) is 3. The summed E-state index contributed by atoms with van der Waals surface area (Å²) < 4.78 is 10.8. The molecule has 0 aromatic heterocycles. The van der Waals surface area contributed by atoms with Crippen LogP contribution in [0.4, 0.5) is 0 Å². The van der Waals surface area contributed by atoms with Gasteiger partial charge in [0.2, 0.25) is 0 Å². The minimum atomic E-state index is -0.0750. The zero-order valence-electron chi connectivity index (χ0n) is 9.07. The SMILES string of the molecule is CCC(C)C(CC=O)CC1OCCO1. The van der Waals surface area contributed by atoms with Crippen LogP contribution in [0.3, 0.4) is 0 Å². The third-order valence-corrected chi connectivity index (χ3v) is 3.03. The van der Waals surface area contributed by atoms with Gasteiger partial charge in [0.25, 0.3) is 0 Å². The van der Waals surface area contributed by atoms with E-state index in [0.29, 0.717) is 31.5 Å². The van der Waals surface area contributed by atoms with Crippen LogP contribution in [0.25, 0.3) is 0 Å². The first kappa shape index (κ1) is 11.7. The number of carbonyl (C=O) groups excluding carboxylic acids is 1. The fraction of sp³-hybridized carbons (Fsp3) is 0.909. The summed E-state index contributed by atoms with van der Waals surface area (Å²) in [6.07, 6.45) is 3.51. The third-order valence-electron chi connectivity index (χ3n) is 3.03. The molecule has 0 saturated carbocycles. The summed E-state index contributed by atoms with van der Waals surface area (Å²) in [6.45, 7) is 5.72. The normalized spacial score (nSPS) is 22.1. The van der Waals surface area contributed by atoms with E-state index in [1.54, 1.807) is 0 Å². The van der Waals surface area contributed by atoms with Crippen LogP contribution in [-0.2, 0) is 14.3 Å². The summed E-state index contributed by atoms with van der Waals surface area (Å²) in [7, 11) is 0. The quantitative estimate of drug-likeness (QED) is 0.615. The average molecular weight is 200 g/mol. The van der Waals surface area contributed by atoms with E-state index in [0.717, 1.165) is 19.1 Å². The van der Waals surface area contributed by atoms with Crippen molar-refractivity contribution in [3.05, 3.63) is 0 Å². The Morgan fingerprint density at radius 1 is 1.43 bits per heavy atom. The molecule has 2 atom stereocenters. The molecule has 1 heterocycles. The molecule has 1 aliphatic heterocycles. The Balaban J connectivity index is 2.36. The first-order chi connectivity index (χ1) is 6.77. The molecule has 0 aromatic carbocycles. The topological polar surface area (TPSA) is 35.5 Å². The second-order valence-electron chi connectivity index (χ2n) is 3.95. The van der Waals surface area contributed by atoms with Crippen molar-refractivity contribution >= 4 is 6.29 Å².